The lowest BCUT2D eigenvalue weighted by Gasteiger charge is -2.30. The molecule has 1 N–H and O–H groups in total. The Labute approximate surface area is 129 Å². The molecule has 7 heteroatoms. The molecule has 0 saturated heterocycles. The van der Waals surface area contributed by atoms with Crippen molar-refractivity contribution in [3.63, 3.8) is 0 Å². The molecule has 1 aromatic rings. The number of carboxylic acid groups (broad SMARTS) is 1. The molecule has 122 valence electrons. The zero-order valence-corrected chi connectivity index (χ0v) is 13.3. The van der Waals surface area contributed by atoms with Crippen LogP contribution in [0.1, 0.15) is 45.0 Å². The summed E-state index contributed by atoms with van der Waals surface area (Å²) in [5.74, 6) is -1.38. The number of nitro groups is 1. The monoisotopic (exact) mass is 311 g/mol. The highest BCUT2D eigenvalue weighted by Crippen LogP contribution is 2.31. The van der Waals surface area contributed by atoms with E-state index in [0.717, 1.165) is 12.1 Å². The Morgan fingerprint density at radius 2 is 1.91 bits per heavy atom. The third-order valence-electron chi connectivity index (χ3n) is 2.66. The third kappa shape index (κ3) is 5.00. The third-order valence-corrected chi connectivity index (χ3v) is 2.66. The van der Waals surface area contributed by atoms with E-state index in [0.29, 0.717) is 0 Å². The number of nitro benzene ring substituents is 1. The molecule has 0 aliphatic heterocycles. The Hall–Kier alpha value is -2.15. The van der Waals surface area contributed by atoms with Crippen LogP contribution in [0.4, 0.5) is 5.69 Å². The molecule has 0 bridgehead atoms. The highest BCUT2D eigenvalue weighted by atomic mass is 16.7. The number of aromatic carboxylic acids is 1. The molecule has 0 aromatic heterocycles. The molecule has 22 heavy (non-hydrogen) atoms. The minimum atomic E-state index is -1.18. The SMILES string of the molecule is CC(C)C(Oc1cc(C(=O)O)ccc1[N+](=O)[O-])OC(C)(C)C. The van der Waals surface area contributed by atoms with Crippen LogP contribution in [-0.2, 0) is 4.74 Å². The first kappa shape index (κ1) is 17.9. The molecule has 1 atom stereocenters. The van der Waals surface area contributed by atoms with Gasteiger partial charge in [0.05, 0.1) is 16.1 Å². The Morgan fingerprint density at radius 1 is 1.32 bits per heavy atom. The van der Waals surface area contributed by atoms with Crippen molar-refractivity contribution in [1.29, 1.82) is 0 Å². The molecule has 0 aliphatic rings. The summed E-state index contributed by atoms with van der Waals surface area (Å²) in [6.45, 7) is 9.22. The summed E-state index contributed by atoms with van der Waals surface area (Å²) in [6, 6.07) is 3.43. The molecule has 1 aromatic carbocycles. The van der Waals surface area contributed by atoms with Crippen molar-refractivity contribution < 1.29 is 24.3 Å². The van der Waals surface area contributed by atoms with Gasteiger partial charge in [0, 0.05) is 18.1 Å². The summed E-state index contributed by atoms with van der Waals surface area (Å²) in [5.41, 5.74) is -0.888. The molecule has 0 radical (unpaired) electrons. The standard InChI is InChI=1S/C15H21NO6/c1-9(2)14(22-15(3,4)5)21-12-8-10(13(17)18)6-7-11(12)16(19)20/h6-9,14H,1-5H3,(H,17,18). The number of nitrogens with zero attached hydrogens (tertiary/aromatic N) is 1. The number of carboxylic acids is 1. The zero-order chi connectivity index (χ0) is 17.1. The van der Waals surface area contributed by atoms with E-state index in [4.69, 9.17) is 14.6 Å². The summed E-state index contributed by atoms with van der Waals surface area (Å²) in [4.78, 5) is 21.5. The van der Waals surface area contributed by atoms with Gasteiger partial charge in [0.2, 0.25) is 12.0 Å². The van der Waals surface area contributed by atoms with Crippen LogP contribution in [0.5, 0.6) is 5.75 Å². The van der Waals surface area contributed by atoms with Crippen LogP contribution in [0.3, 0.4) is 0 Å². The van der Waals surface area contributed by atoms with Gasteiger partial charge in [0.1, 0.15) is 0 Å². The summed E-state index contributed by atoms with van der Waals surface area (Å²) < 4.78 is 11.4. The second kappa shape index (κ2) is 6.74. The Morgan fingerprint density at radius 3 is 2.32 bits per heavy atom. The minimum absolute atomic E-state index is 0.0766. The van der Waals surface area contributed by atoms with E-state index in [1.807, 2.05) is 34.6 Å². The highest BCUT2D eigenvalue weighted by Gasteiger charge is 2.27. The first-order valence-electron chi connectivity index (χ1n) is 6.87. The number of hydrogen-bond acceptors (Lipinski definition) is 5. The van der Waals surface area contributed by atoms with E-state index in [-0.39, 0.29) is 22.9 Å². The maximum Gasteiger partial charge on any atom is 0.335 e. The predicted molar refractivity (Wildman–Crippen MR) is 80.1 cm³/mol. The van der Waals surface area contributed by atoms with E-state index in [9.17, 15) is 14.9 Å². The number of ether oxygens (including phenoxy) is 2. The average Bonchev–Trinajstić information content (AvgIpc) is 2.35. The molecule has 1 unspecified atom stereocenters. The van der Waals surface area contributed by atoms with Crippen molar-refractivity contribution in [1.82, 2.24) is 0 Å². The van der Waals surface area contributed by atoms with Crippen molar-refractivity contribution in [3.8, 4) is 5.75 Å². The molecule has 7 nitrogen and oxygen atoms in total. The minimum Gasteiger partial charge on any atom is -0.478 e. The smallest absolute Gasteiger partial charge is 0.335 e. The van der Waals surface area contributed by atoms with E-state index < -0.39 is 22.8 Å². The fourth-order valence-corrected chi connectivity index (χ4v) is 1.66. The van der Waals surface area contributed by atoms with Crippen LogP contribution in [0.15, 0.2) is 18.2 Å². The van der Waals surface area contributed by atoms with Gasteiger partial charge < -0.3 is 14.6 Å². The molecule has 0 spiro atoms. The van der Waals surface area contributed by atoms with Crippen LogP contribution in [-0.4, -0.2) is 27.9 Å². The Balaban J connectivity index is 3.18. The van der Waals surface area contributed by atoms with E-state index in [2.05, 4.69) is 0 Å². The quantitative estimate of drug-likeness (QED) is 0.490. The fraction of sp³-hybridized carbons (Fsp3) is 0.533. The summed E-state index contributed by atoms with van der Waals surface area (Å²) in [6.07, 6.45) is -0.734. The topological polar surface area (TPSA) is 98.9 Å². The van der Waals surface area contributed by atoms with Crippen molar-refractivity contribution >= 4 is 11.7 Å². The lowest BCUT2D eigenvalue weighted by atomic mass is 10.1. The molecule has 0 saturated carbocycles. The molecular weight excluding hydrogens is 290 g/mol. The van der Waals surface area contributed by atoms with E-state index >= 15 is 0 Å². The van der Waals surface area contributed by atoms with Gasteiger partial charge in [-0.15, -0.1) is 0 Å². The molecular formula is C15H21NO6. The first-order valence-corrected chi connectivity index (χ1v) is 6.87. The number of rotatable bonds is 6. The van der Waals surface area contributed by atoms with Crippen LogP contribution >= 0.6 is 0 Å². The lowest BCUT2D eigenvalue weighted by molar-refractivity contribution is -0.386. The van der Waals surface area contributed by atoms with Gasteiger partial charge >= 0.3 is 11.7 Å². The number of carbonyl (C=O) groups is 1. The van der Waals surface area contributed by atoms with Gasteiger partial charge in [-0.25, -0.2) is 4.79 Å². The van der Waals surface area contributed by atoms with Crippen molar-refractivity contribution in [2.45, 2.75) is 46.5 Å². The predicted octanol–water partition coefficient (Wildman–Crippen LogP) is 3.47. The summed E-state index contributed by atoms with van der Waals surface area (Å²) in [5, 5.41) is 20.1. The van der Waals surface area contributed by atoms with Crippen molar-refractivity contribution in [2.24, 2.45) is 5.92 Å². The second-order valence-electron chi connectivity index (χ2n) is 6.21. The molecule has 0 aliphatic carbocycles. The number of hydrogen-bond donors (Lipinski definition) is 1. The van der Waals surface area contributed by atoms with Crippen LogP contribution < -0.4 is 4.74 Å². The Bertz CT molecular complexity index is 562. The second-order valence-corrected chi connectivity index (χ2v) is 6.21. The molecule has 0 amide bonds. The Kier molecular flexibility index (Phi) is 5.48. The van der Waals surface area contributed by atoms with Crippen molar-refractivity contribution in [3.05, 3.63) is 33.9 Å². The fourth-order valence-electron chi connectivity index (χ4n) is 1.66. The molecule has 0 heterocycles. The largest absolute Gasteiger partial charge is 0.478 e. The van der Waals surface area contributed by atoms with E-state index in [1.165, 1.54) is 6.07 Å². The van der Waals surface area contributed by atoms with Gasteiger partial charge in [-0.05, 0) is 26.8 Å². The normalized spacial score (nSPS) is 13.0. The zero-order valence-electron chi connectivity index (χ0n) is 13.3. The average molecular weight is 311 g/mol. The van der Waals surface area contributed by atoms with Crippen molar-refractivity contribution in [2.75, 3.05) is 0 Å². The van der Waals surface area contributed by atoms with Gasteiger partial charge in [0.25, 0.3) is 0 Å². The highest BCUT2D eigenvalue weighted by molar-refractivity contribution is 5.88. The molecule has 0 fully saturated rings. The van der Waals surface area contributed by atoms with Gasteiger partial charge in [0.15, 0.2) is 0 Å². The maximum atomic E-state index is 11.1. The first-order chi connectivity index (χ1) is 10.0. The molecule has 1 rings (SSSR count). The van der Waals surface area contributed by atoms with Crippen LogP contribution in [0, 0.1) is 16.0 Å². The van der Waals surface area contributed by atoms with Gasteiger partial charge in [-0.2, -0.15) is 0 Å². The van der Waals surface area contributed by atoms with Crippen LogP contribution in [0.25, 0.3) is 0 Å². The summed E-state index contributed by atoms with van der Waals surface area (Å²) in [7, 11) is 0. The lowest BCUT2D eigenvalue weighted by Crippen LogP contribution is -2.35. The van der Waals surface area contributed by atoms with Crippen LogP contribution in [0.2, 0.25) is 0 Å². The van der Waals surface area contributed by atoms with E-state index in [1.54, 1.807) is 0 Å². The van der Waals surface area contributed by atoms with Gasteiger partial charge in [-0.3, -0.25) is 10.1 Å². The maximum absolute atomic E-state index is 11.1. The summed E-state index contributed by atoms with van der Waals surface area (Å²) >= 11 is 0. The van der Waals surface area contributed by atoms with Gasteiger partial charge in [-0.1, -0.05) is 13.8 Å². The number of benzene rings is 1.